The van der Waals surface area contributed by atoms with E-state index in [1.807, 2.05) is 5.38 Å². The van der Waals surface area contributed by atoms with Gasteiger partial charge in [0.1, 0.15) is 29.6 Å². The van der Waals surface area contributed by atoms with Crippen molar-refractivity contribution in [3.05, 3.63) is 77.4 Å². The Hall–Kier alpha value is -4.19. The minimum Gasteiger partial charge on any atom is -0.490 e. The number of benzene rings is 2. The second kappa shape index (κ2) is 14.3. The third-order valence-corrected chi connectivity index (χ3v) is 9.24. The molecule has 1 fully saturated rings. The maximum atomic E-state index is 14.3. The molecule has 2 aliphatic rings. The number of halogens is 1. The molecule has 2 aromatic heterocycles. The molecule has 6 rings (SSSR count). The number of nitrogens with one attached hydrogen (secondary N) is 3. The number of hydrogen-bond donors (Lipinski definition) is 3. The van der Waals surface area contributed by atoms with E-state index >= 15 is 0 Å². The zero-order valence-electron chi connectivity index (χ0n) is 24.9. The standard InChI is InChI=1S/C34H36FN5O4S/c1-2-30(41)38-26-7-5-23(18-26)34(42)37-12-13-43-14-15-44-29-19-25(35)6-8-27(29)32-33-28(10-16-45-33)31(39-40-32)22-3-4-24-20-36-11-9-21(24)17-22/h2-4,6,8,10,16-17,19,23,26,36H,1,5,7,9,11-15,18,20H2,(H,37,42)(H,38,41). The smallest absolute Gasteiger partial charge is 0.243 e. The molecule has 9 nitrogen and oxygen atoms in total. The molecule has 11 heteroatoms. The number of thiophene rings is 1. The molecular weight excluding hydrogens is 593 g/mol. The average Bonchev–Trinajstić information content (AvgIpc) is 3.74. The van der Waals surface area contributed by atoms with Gasteiger partial charge in [0, 0.05) is 47.6 Å². The van der Waals surface area contributed by atoms with Gasteiger partial charge in [-0.25, -0.2) is 4.39 Å². The minimum absolute atomic E-state index is 0.000704. The van der Waals surface area contributed by atoms with Gasteiger partial charge in [0.05, 0.1) is 17.9 Å². The van der Waals surface area contributed by atoms with Crippen LogP contribution >= 0.6 is 11.3 Å². The Labute approximate surface area is 265 Å². The predicted molar refractivity (Wildman–Crippen MR) is 172 cm³/mol. The van der Waals surface area contributed by atoms with E-state index in [0.717, 1.165) is 53.7 Å². The Morgan fingerprint density at radius 3 is 2.84 bits per heavy atom. The molecule has 0 radical (unpaired) electrons. The lowest BCUT2D eigenvalue weighted by Gasteiger charge is -2.18. The monoisotopic (exact) mass is 629 g/mol. The second-order valence-corrected chi connectivity index (χ2v) is 12.2. The number of carbonyl (C=O) groups is 2. The summed E-state index contributed by atoms with van der Waals surface area (Å²) in [5.74, 6) is -0.426. The lowest BCUT2D eigenvalue weighted by molar-refractivity contribution is -0.125. The molecule has 1 aliphatic carbocycles. The SMILES string of the molecule is C=CC(=O)NC1CCC(C(=O)NCCOCCOc2cc(F)ccc2-c2nnc(-c3ccc4c(c3)CCNC4)c3ccsc23)C1. The Morgan fingerprint density at radius 1 is 1.07 bits per heavy atom. The topological polar surface area (TPSA) is 114 Å². The zero-order valence-corrected chi connectivity index (χ0v) is 25.8. The van der Waals surface area contributed by atoms with Crippen LogP contribution in [0.1, 0.15) is 30.4 Å². The highest BCUT2D eigenvalue weighted by Crippen LogP contribution is 2.39. The van der Waals surface area contributed by atoms with Crippen LogP contribution in [0, 0.1) is 11.7 Å². The summed E-state index contributed by atoms with van der Waals surface area (Å²) < 4.78 is 26.9. The summed E-state index contributed by atoms with van der Waals surface area (Å²) in [5, 5.41) is 21.4. The molecule has 2 atom stereocenters. The zero-order chi connectivity index (χ0) is 31.2. The molecule has 45 heavy (non-hydrogen) atoms. The lowest BCUT2D eigenvalue weighted by Crippen LogP contribution is -2.35. The van der Waals surface area contributed by atoms with Gasteiger partial charge in [-0.3, -0.25) is 9.59 Å². The fourth-order valence-electron chi connectivity index (χ4n) is 6.02. The number of ether oxygens (including phenoxy) is 2. The minimum atomic E-state index is -0.411. The molecule has 0 saturated heterocycles. The van der Waals surface area contributed by atoms with E-state index in [1.165, 1.54) is 29.3 Å². The largest absolute Gasteiger partial charge is 0.490 e. The van der Waals surface area contributed by atoms with Crippen molar-refractivity contribution in [2.45, 2.75) is 38.3 Å². The average molecular weight is 630 g/mol. The van der Waals surface area contributed by atoms with Gasteiger partial charge in [-0.2, -0.15) is 0 Å². The maximum Gasteiger partial charge on any atom is 0.243 e. The van der Waals surface area contributed by atoms with E-state index in [-0.39, 0.29) is 37.0 Å². The van der Waals surface area contributed by atoms with Crippen LogP contribution in [0.15, 0.2) is 60.5 Å². The van der Waals surface area contributed by atoms with Crippen LogP contribution in [0.25, 0.3) is 32.6 Å². The van der Waals surface area contributed by atoms with Crippen LogP contribution in [0.4, 0.5) is 4.39 Å². The number of amides is 2. The normalized spacial score (nSPS) is 17.5. The van der Waals surface area contributed by atoms with E-state index in [1.54, 1.807) is 17.4 Å². The third-order valence-electron chi connectivity index (χ3n) is 8.32. The van der Waals surface area contributed by atoms with Crippen molar-refractivity contribution in [2.75, 3.05) is 32.9 Å². The summed E-state index contributed by atoms with van der Waals surface area (Å²) in [6.07, 6.45) is 4.35. The lowest BCUT2D eigenvalue weighted by atomic mass is 9.96. The Bertz CT molecular complexity index is 1710. The highest BCUT2D eigenvalue weighted by Gasteiger charge is 2.30. The van der Waals surface area contributed by atoms with Crippen molar-refractivity contribution in [3.63, 3.8) is 0 Å². The van der Waals surface area contributed by atoms with Crippen LogP contribution in [0.5, 0.6) is 5.75 Å². The molecule has 2 amide bonds. The number of aromatic nitrogens is 2. The summed E-state index contributed by atoms with van der Waals surface area (Å²) in [6, 6.07) is 12.9. The molecule has 1 aliphatic heterocycles. The molecule has 4 aromatic rings. The van der Waals surface area contributed by atoms with E-state index in [2.05, 4.69) is 57.0 Å². The quantitative estimate of drug-likeness (QED) is 0.153. The highest BCUT2D eigenvalue weighted by molar-refractivity contribution is 7.17. The van der Waals surface area contributed by atoms with Crippen molar-refractivity contribution in [1.82, 2.24) is 26.1 Å². The fourth-order valence-corrected chi connectivity index (χ4v) is 6.91. The summed E-state index contributed by atoms with van der Waals surface area (Å²) >= 11 is 1.57. The first-order valence-corrected chi connectivity index (χ1v) is 16.2. The first-order valence-electron chi connectivity index (χ1n) is 15.3. The maximum absolute atomic E-state index is 14.3. The Morgan fingerprint density at radius 2 is 1.96 bits per heavy atom. The Balaban J connectivity index is 1.04. The third kappa shape index (κ3) is 7.22. The number of hydrogen-bond acceptors (Lipinski definition) is 8. The van der Waals surface area contributed by atoms with Crippen molar-refractivity contribution in [2.24, 2.45) is 5.92 Å². The van der Waals surface area contributed by atoms with E-state index in [9.17, 15) is 14.0 Å². The van der Waals surface area contributed by atoms with Gasteiger partial charge in [-0.05, 0) is 79.1 Å². The highest BCUT2D eigenvalue weighted by atomic mass is 32.1. The molecule has 2 aromatic carbocycles. The fraction of sp³-hybridized carbons (Fsp3) is 0.353. The number of fused-ring (bicyclic) bond motifs is 2. The van der Waals surface area contributed by atoms with Crippen molar-refractivity contribution >= 4 is 33.2 Å². The van der Waals surface area contributed by atoms with Crippen LogP contribution < -0.4 is 20.7 Å². The summed E-state index contributed by atoms with van der Waals surface area (Å²) in [6.45, 7) is 6.44. The Kier molecular flexibility index (Phi) is 9.78. The van der Waals surface area contributed by atoms with Gasteiger partial charge >= 0.3 is 0 Å². The van der Waals surface area contributed by atoms with Crippen LogP contribution in [-0.2, 0) is 27.3 Å². The van der Waals surface area contributed by atoms with Crippen LogP contribution in [0.3, 0.4) is 0 Å². The van der Waals surface area contributed by atoms with E-state index in [0.29, 0.717) is 36.6 Å². The molecule has 2 unspecified atom stereocenters. The van der Waals surface area contributed by atoms with Crippen LogP contribution in [-0.4, -0.2) is 61.0 Å². The van der Waals surface area contributed by atoms with Crippen molar-refractivity contribution in [3.8, 4) is 28.3 Å². The number of carbonyl (C=O) groups excluding carboxylic acids is 2. The van der Waals surface area contributed by atoms with Gasteiger partial charge in [-0.15, -0.1) is 21.5 Å². The van der Waals surface area contributed by atoms with Gasteiger partial charge in [-0.1, -0.05) is 18.7 Å². The predicted octanol–water partition coefficient (Wildman–Crippen LogP) is 4.79. The van der Waals surface area contributed by atoms with Crippen molar-refractivity contribution in [1.29, 1.82) is 0 Å². The molecule has 3 N–H and O–H groups in total. The van der Waals surface area contributed by atoms with Gasteiger partial charge < -0.3 is 25.4 Å². The first-order chi connectivity index (χ1) is 22.0. The van der Waals surface area contributed by atoms with Gasteiger partial charge in [0.2, 0.25) is 11.8 Å². The summed E-state index contributed by atoms with van der Waals surface area (Å²) in [5.41, 5.74) is 5.80. The number of rotatable bonds is 12. The van der Waals surface area contributed by atoms with Crippen LogP contribution in [0.2, 0.25) is 0 Å². The molecule has 0 spiro atoms. The van der Waals surface area contributed by atoms with Gasteiger partial charge in [0.15, 0.2) is 0 Å². The van der Waals surface area contributed by atoms with E-state index in [4.69, 9.17) is 9.47 Å². The summed E-state index contributed by atoms with van der Waals surface area (Å²) in [4.78, 5) is 24.0. The molecule has 3 heterocycles. The molecule has 234 valence electrons. The first kappa shape index (κ1) is 30.8. The van der Waals surface area contributed by atoms with E-state index < -0.39 is 5.82 Å². The molecular formula is C34H36FN5O4S. The molecule has 0 bridgehead atoms. The second-order valence-electron chi connectivity index (χ2n) is 11.3. The molecule has 1 saturated carbocycles. The van der Waals surface area contributed by atoms with Crippen molar-refractivity contribution < 1.29 is 23.5 Å². The van der Waals surface area contributed by atoms with Gasteiger partial charge in [0.25, 0.3) is 0 Å². The number of nitrogens with zero attached hydrogens (tertiary/aromatic N) is 2. The summed E-state index contributed by atoms with van der Waals surface area (Å²) in [7, 11) is 0.